The minimum Gasteiger partial charge on any atom is -0.273 e. The molecule has 2 aromatic heterocycles. The molecule has 0 fully saturated rings. The molecule has 7 heteroatoms. The van der Waals surface area contributed by atoms with Gasteiger partial charge in [0.15, 0.2) is 0 Å². The lowest BCUT2D eigenvalue weighted by Gasteiger charge is -2.08. The van der Waals surface area contributed by atoms with Crippen molar-refractivity contribution in [1.29, 1.82) is 0 Å². The van der Waals surface area contributed by atoms with E-state index in [-0.39, 0.29) is 17.6 Å². The van der Waals surface area contributed by atoms with E-state index in [1.54, 1.807) is 0 Å². The van der Waals surface area contributed by atoms with Crippen molar-refractivity contribution in [2.45, 2.75) is 6.54 Å². The fraction of sp³-hybridized carbons (Fsp3) is 0.0714. The second-order valence-corrected chi connectivity index (χ2v) is 4.50. The number of aromatic amines is 1. The summed E-state index contributed by atoms with van der Waals surface area (Å²) in [6.07, 6.45) is 0.933. The zero-order chi connectivity index (χ0) is 15.0. The van der Waals surface area contributed by atoms with E-state index < -0.39 is 22.9 Å². The minimum atomic E-state index is -0.697. The first-order valence-corrected chi connectivity index (χ1v) is 6.07. The standard InChI is InChI=1S/C14H9F2N3O2/c15-9-3-1-8(2-4-9)7-19-12-11(5-10(16)6-17-12)13(20)18-14(19)21/h1-6H,7H2,(H,18,20,21). The monoisotopic (exact) mass is 289 g/mol. The van der Waals surface area contributed by atoms with Crippen molar-refractivity contribution in [2.24, 2.45) is 0 Å². The lowest BCUT2D eigenvalue weighted by Crippen LogP contribution is -2.31. The van der Waals surface area contributed by atoms with Crippen LogP contribution in [0.2, 0.25) is 0 Å². The average Bonchev–Trinajstić information content (AvgIpc) is 2.46. The molecular weight excluding hydrogens is 280 g/mol. The molecule has 1 N–H and O–H groups in total. The summed E-state index contributed by atoms with van der Waals surface area (Å²) in [4.78, 5) is 29.5. The fourth-order valence-corrected chi connectivity index (χ4v) is 2.06. The van der Waals surface area contributed by atoms with Crippen molar-refractivity contribution >= 4 is 11.0 Å². The topological polar surface area (TPSA) is 67.8 Å². The van der Waals surface area contributed by atoms with Crippen LogP contribution in [0.5, 0.6) is 0 Å². The first-order chi connectivity index (χ1) is 10.0. The third-order valence-electron chi connectivity index (χ3n) is 3.05. The number of nitrogens with one attached hydrogen (secondary N) is 1. The third-order valence-corrected chi connectivity index (χ3v) is 3.05. The molecule has 0 aliphatic carbocycles. The summed E-state index contributed by atoms with van der Waals surface area (Å²) in [6, 6.07) is 6.58. The van der Waals surface area contributed by atoms with Gasteiger partial charge in [-0.1, -0.05) is 12.1 Å². The van der Waals surface area contributed by atoms with E-state index in [2.05, 4.69) is 9.97 Å². The van der Waals surface area contributed by atoms with Gasteiger partial charge in [0.25, 0.3) is 5.56 Å². The normalized spacial score (nSPS) is 11.0. The van der Waals surface area contributed by atoms with Gasteiger partial charge in [0.05, 0.1) is 18.1 Å². The van der Waals surface area contributed by atoms with Crippen LogP contribution in [0.4, 0.5) is 8.78 Å². The highest BCUT2D eigenvalue weighted by Gasteiger charge is 2.10. The van der Waals surface area contributed by atoms with Crippen molar-refractivity contribution in [3.05, 3.63) is 74.6 Å². The molecular formula is C14H9F2N3O2. The summed E-state index contributed by atoms with van der Waals surface area (Å²) in [7, 11) is 0. The Hall–Kier alpha value is -2.83. The Labute approximate surface area is 116 Å². The van der Waals surface area contributed by atoms with Crippen LogP contribution in [0, 0.1) is 11.6 Å². The van der Waals surface area contributed by atoms with Gasteiger partial charge >= 0.3 is 5.69 Å². The molecule has 0 saturated carbocycles. The second kappa shape index (κ2) is 4.93. The van der Waals surface area contributed by atoms with Crippen molar-refractivity contribution in [1.82, 2.24) is 14.5 Å². The van der Waals surface area contributed by atoms with Gasteiger partial charge in [0.1, 0.15) is 17.3 Å². The maximum atomic E-state index is 13.2. The molecule has 0 radical (unpaired) electrons. The number of fused-ring (bicyclic) bond motifs is 1. The average molecular weight is 289 g/mol. The van der Waals surface area contributed by atoms with Crippen LogP contribution in [-0.4, -0.2) is 14.5 Å². The molecule has 3 aromatic rings. The molecule has 0 aliphatic heterocycles. The Kier molecular flexibility index (Phi) is 3.09. The number of rotatable bonds is 2. The Bertz CT molecular complexity index is 930. The third kappa shape index (κ3) is 2.45. The van der Waals surface area contributed by atoms with Gasteiger partial charge in [-0.3, -0.25) is 14.3 Å². The van der Waals surface area contributed by atoms with E-state index in [9.17, 15) is 18.4 Å². The zero-order valence-electron chi connectivity index (χ0n) is 10.6. The van der Waals surface area contributed by atoms with Crippen molar-refractivity contribution in [3.8, 4) is 0 Å². The molecule has 5 nitrogen and oxygen atoms in total. The molecule has 3 rings (SSSR count). The van der Waals surface area contributed by atoms with E-state index in [1.165, 1.54) is 28.8 Å². The van der Waals surface area contributed by atoms with Crippen molar-refractivity contribution in [3.63, 3.8) is 0 Å². The first kappa shape index (κ1) is 13.2. The van der Waals surface area contributed by atoms with Crippen LogP contribution in [-0.2, 0) is 6.54 Å². The van der Waals surface area contributed by atoms with E-state index >= 15 is 0 Å². The number of halogens is 2. The quantitative estimate of drug-likeness (QED) is 0.775. The number of hydrogen-bond donors (Lipinski definition) is 1. The van der Waals surface area contributed by atoms with Gasteiger partial charge < -0.3 is 0 Å². The fourth-order valence-electron chi connectivity index (χ4n) is 2.06. The lowest BCUT2D eigenvalue weighted by atomic mass is 10.2. The van der Waals surface area contributed by atoms with E-state index in [1.807, 2.05) is 0 Å². The molecule has 0 amide bonds. The highest BCUT2D eigenvalue weighted by atomic mass is 19.1. The first-order valence-electron chi connectivity index (χ1n) is 6.07. The molecule has 0 saturated heterocycles. The second-order valence-electron chi connectivity index (χ2n) is 4.50. The van der Waals surface area contributed by atoms with Crippen LogP contribution in [0.1, 0.15) is 5.56 Å². The molecule has 21 heavy (non-hydrogen) atoms. The maximum Gasteiger partial charge on any atom is 0.330 e. The van der Waals surface area contributed by atoms with Gasteiger partial charge in [-0.25, -0.2) is 18.6 Å². The number of hydrogen-bond acceptors (Lipinski definition) is 3. The molecule has 0 spiro atoms. The van der Waals surface area contributed by atoms with Crippen LogP contribution >= 0.6 is 0 Å². The van der Waals surface area contributed by atoms with Crippen LogP contribution in [0.25, 0.3) is 11.0 Å². The van der Waals surface area contributed by atoms with Gasteiger partial charge in [0, 0.05) is 0 Å². The highest BCUT2D eigenvalue weighted by molar-refractivity contribution is 5.73. The van der Waals surface area contributed by atoms with Crippen molar-refractivity contribution < 1.29 is 8.78 Å². The maximum absolute atomic E-state index is 13.2. The summed E-state index contributed by atoms with van der Waals surface area (Å²) in [6.45, 7) is 0.0883. The molecule has 0 aliphatic rings. The van der Waals surface area contributed by atoms with Gasteiger partial charge in [-0.15, -0.1) is 0 Å². The minimum absolute atomic E-state index is 0.0169. The predicted molar refractivity (Wildman–Crippen MR) is 72.1 cm³/mol. The molecule has 106 valence electrons. The van der Waals surface area contributed by atoms with E-state index in [0.29, 0.717) is 5.56 Å². The van der Waals surface area contributed by atoms with Gasteiger partial charge in [0.2, 0.25) is 0 Å². The largest absolute Gasteiger partial charge is 0.330 e. The zero-order valence-corrected chi connectivity index (χ0v) is 10.6. The Morgan fingerprint density at radius 1 is 1.10 bits per heavy atom. The van der Waals surface area contributed by atoms with Crippen LogP contribution < -0.4 is 11.2 Å². The number of aromatic nitrogens is 3. The van der Waals surface area contributed by atoms with Crippen LogP contribution in [0.15, 0.2) is 46.1 Å². The Balaban J connectivity index is 2.20. The van der Waals surface area contributed by atoms with Crippen LogP contribution in [0.3, 0.4) is 0 Å². The number of pyridine rings is 1. The molecule has 0 atom stereocenters. The molecule has 1 aromatic carbocycles. The lowest BCUT2D eigenvalue weighted by molar-refractivity contribution is 0.620. The SMILES string of the molecule is O=c1[nH]c(=O)n(Cc2ccc(F)cc2)c2ncc(F)cc12. The summed E-state index contributed by atoms with van der Waals surface area (Å²) in [5, 5.41) is -0.0169. The molecule has 0 unspecified atom stereocenters. The van der Waals surface area contributed by atoms with Crippen molar-refractivity contribution in [2.75, 3.05) is 0 Å². The Morgan fingerprint density at radius 2 is 1.81 bits per heavy atom. The Morgan fingerprint density at radius 3 is 2.52 bits per heavy atom. The number of nitrogens with zero attached hydrogens (tertiary/aromatic N) is 2. The van der Waals surface area contributed by atoms with Gasteiger partial charge in [-0.2, -0.15) is 0 Å². The number of H-pyrrole nitrogens is 1. The van der Waals surface area contributed by atoms with Gasteiger partial charge in [-0.05, 0) is 23.8 Å². The molecule has 2 heterocycles. The summed E-state index contributed by atoms with van der Waals surface area (Å²) >= 11 is 0. The number of benzene rings is 1. The van der Waals surface area contributed by atoms with E-state index in [0.717, 1.165) is 12.3 Å². The van der Waals surface area contributed by atoms with E-state index in [4.69, 9.17) is 0 Å². The summed E-state index contributed by atoms with van der Waals surface area (Å²) < 4.78 is 27.3. The predicted octanol–water partition coefficient (Wildman–Crippen LogP) is 1.41. The molecule has 0 bridgehead atoms. The summed E-state index contributed by atoms with van der Waals surface area (Å²) in [5.41, 5.74) is -0.624. The summed E-state index contributed by atoms with van der Waals surface area (Å²) in [5.74, 6) is -1.06. The highest BCUT2D eigenvalue weighted by Crippen LogP contribution is 2.09. The smallest absolute Gasteiger partial charge is 0.273 e.